The van der Waals surface area contributed by atoms with Crippen LogP contribution >= 0.6 is 45.2 Å². The molecule has 0 heterocycles. The average Bonchev–Trinajstić information content (AvgIpc) is 2.66. The predicted octanol–water partition coefficient (Wildman–Crippen LogP) is 5.47. The van der Waals surface area contributed by atoms with Crippen molar-refractivity contribution in [3.8, 4) is 0 Å². The molecule has 2 N–H and O–H groups in total. The molecule has 0 fully saturated rings. The van der Waals surface area contributed by atoms with Crippen LogP contribution in [0.4, 0.5) is 0 Å². The summed E-state index contributed by atoms with van der Waals surface area (Å²) < 4.78 is 2.16. The lowest BCUT2D eigenvalue weighted by Crippen LogP contribution is -2.11. The van der Waals surface area contributed by atoms with Crippen molar-refractivity contribution in [1.29, 1.82) is 0 Å². The molecular formula is C22H16I2O4. The van der Waals surface area contributed by atoms with E-state index in [4.69, 9.17) is 0 Å². The summed E-state index contributed by atoms with van der Waals surface area (Å²) in [6.45, 7) is 0. The van der Waals surface area contributed by atoms with E-state index in [0.717, 1.165) is 18.3 Å². The molecule has 3 aromatic carbocycles. The van der Waals surface area contributed by atoms with Gasteiger partial charge < -0.3 is 10.2 Å². The number of carbonyl (C=O) groups is 2. The summed E-state index contributed by atoms with van der Waals surface area (Å²) in [6.07, 6.45) is 0.727. The van der Waals surface area contributed by atoms with Gasteiger partial charge in [0.1, 0.15) is 0 Å². The van der Waals surface area contributed by atoms with Gasteiger partial charge in [0.2, 0.25) is 0 Å². The van der Waals surface area contributed by atoms with Gasteiger partial charge in [0.25, 0.3) is 0 Å². The van der Waals surface area contributed by atoms with Crippen LogP contribution in [0.3, 0.4) is 0 Å². The molecule has 0 aliphatic carbocycles. The lowest BCUT2D eigenvalue weighted by Gasteiger charge is -2.13. The van der Waals surface area contributed by atoms with E-state index in [0.29, 0.717) is 24.0 Å². The van der Waals surface area contributed by atoms with E-state index >= 15 is 0 Å². The Morgan fingerprint density at radius 3 is 1.25 bits per heavy atom. The van der Waals surface area contributed by atoms with Crippen molar-refractivity contribution in [3.63, 3.8) is 0 Å². The second-order valence-corrected chi connectivity index (χ2v) is 8.87. The number of rotatable bonds is 6. The largest absolute Gasteiger partial charge is 0.478 e. The first-order chi connectivity index (χ1) is 13.3. The first-order valence-electron chi connectivity index (χ1n) is 8.45. The number of hydrogen-bond donors (Lipinski definition) is 2. The van der Waals surface area contributed by atoms with Crippen LogP contribution in [0.1, 0.15) is 43.0 Å². The van der Waals surface area contributed by atoms with Crippen LogP contribution in [0, 0.1) is 7.14 Å². The molecule has 28 heavy (non-hydrogen) atoms. The third-order valence-corrected chi connectivity index (χ3v) is 5.84. The Balaban J connectivity index is 2.04. The van der Waals surface area contributed by atoms with Gasteiger partial charge in [-0.3, -0.25) is 0 Å². The summed E-state index contributed by atoms with van der Waals surface area (Å²) in [5, 5.41) is 19.4. The predicted molar refractivity (Wildman–Crippen MR) is 124 cm³/mol. The zero-order valence-corrected chi connectivity index (χ0v) is 19.0. The Bertz CT molecular complexity index is 940. The summed E-state index contributed by atoms with van der Waals surface area (Å²) >= 11 is 4.41. The fraction of sp³-hybridized carbons (Fsp3) is 0.0909. The molecule has 0 saturated heterocycles. The second-order valence-electron chi connectivity index (χ2n) is 6.38. The first-order valence-corrected chi connectivity index (χ1v) is 10.6. The molecule has 0 aliphatic heterocycles. The van der Waals surface area contributed by atoms with Crippen molar-refractivity contribution >= 4 is 57.1 Å². The smallest absolute Gasteiger partial charge is 0.335 e. The lowest BCUT2D eigenvalue weighted by atomic mass is 9.91. The molecule has 0 radical (unpaired) electrons. The number of carboxylic acids is 2. The minimum absolute atomic E-state index is 0.143. The van der Waals surface area contributed by atoms with Crippen molar-refractivity contribution in [2.45, 2.75) is 12.8 Å². The van der Waals surface area contributed by atoms with E-state index in [1.165, 1.54) is 12.1 Å². The van der Waals surface area contributed by atoms with Crippen LogP contribution in [0.5, 0.6) is 0 Å². The van der Waals surface area contributed by atoms with Crippen molar-refractivity contribution < 1.29 is 19.8 Å². The van der Waals surface area contributed by atoms with E-state index < -0.39 is 11.9 Å². The molecule has 0 spiro atoms. The van der Waals surface area contributed by atoms with Gasteiger partial charge in [-0.2, -0.15) is 0 Å². The van der Waals surface area contributed by atoms with E-state index in [1.807, 2.05) is 48.5 Å². The molecule has 0 bridgehead atoms. The zero-order chi connectivity index (χ0) is 20.3. The Labute approximate surface area is 189 Å². The third kappa shape index (κ3) is 5.11. The number of carboxylic acid groups (broad SMARTS) is 2. The summed E-state index contributed by atoms with van der Waals surface area (Å²) in [5.74, 6) is -2.11. The molecule has 0 amide bonds. The van der Waals surface area contributed by atoms with E-state index in [-0.39, 0.29) is 11.1 Å². The topological polar surface area (TPSA) is 74.6 Å². The minimum Gasteiger partial charge on any atom is -0.478 e. The number of hydrogen-bond acceptors (Lipinski definition) is 2. The molecule has 4 nitrogen and oxygen atoms in total. The number of aromatic carboxylic acids is 2. The SMILES string of the molecule is O=C(O)c1cc(Cc2ccc(I)cc2)c(C(=O)O)cc1Cc1ccc(I)cc1. The summed E-state index contributed by atoms with van der Waals surface area (Å²) in [5.41, 5.74) is 3.15. The highest BCUT2D eigenvalue weighted by atomic mass is 127. The van der Waals surface area contributed by atoms with Crippen LogP contribution in [-0.2, 0) is 12.8 Å². The van der Waals surface area contributed by atoms with Crippen molar-refractivity contribution in [1.82, 2.24) is 0 Å². The monoisotopic (exact) mass is 598 g/mol. The van der Waals surface area contributed by atoms with Gasteiger partial charge in [0, 0.05) is 7.14 Å². The Kier molecular flexibility index (Phi) is 6.71. The zero-order valence-electron chi connectivity index (χ0n) is 14.7. The maximum absolute atomic E-state index is 11.8. The lowest BCUT2D eigenvalue weighted by molar-refractivity contribution is 0.0679. The van der Waals surface area contributed by atoms with Gasteiger partial charge in [-0.05, 0) is 117 Å². The van der Waals surface area contributed by atoms with E-state index in [9.17, 15) is 19.8 Å². The van der Waals surface area contributed by atoms with Crippen molar-refractivity contribution in [2.75, 3.05) is 0 Å². The second kappa shape index (κ2) is 9.04. The van der Waals surface area contributed by atoms with Gasteiger partial charge in [-0.15, -0.1) is 0 Å². The van der Waals surface area contributed by atoms with E-state index in [2.05, 4.69) is 45.2 Å². The highest BCUT2D eigenvalue weighted by molar-refractivity contribution is 14.1. The Morgan fingerprint density at radius 2 is 0.964 bits per heavy atom. The van der Waals surface area contributed by atoms with Crippen LogP contribution in [-0.4, -0.2) is 22.2 Å². The molecule has 0 aromatic heterocycles. The summed E-state index contributed by atoms with van der Waals surface area (Å²) in [6, 6.07) is 18.5. The van der Waals surface area contributed by atoms with E-state index in [1.54, 1.807) is 0 Å². The molecular weight excluding hydrogens is 582 g/mol. The molecule has 0 aliphatic rings. The maximum Gasteiger partial charge on any atom is 0.335 e. The highest BCUT2D eigenvalue weighted by Gasteiger charge is 2.19. The minimum atomic E-state index is -1.05. The summed E-state index contributed by atoms with van der Waals surface area (Å²) in [7, 11) is 0. The number of halogens is 2. The number of benzene rings is 3. The van der Waals surface area contributed by atoms with Crippen LogP contribution in [0.2, 0.25) is 0 Å². The molecule has 0 saturated carbocycles. The van der Waals surface area contributed by atoms with Crippen LogP contribution < -0.4 is 0 Å². The molecule has 142 valence electrons. The molecule has 0 unspecified atom stereocenters. The third-order valence-electron chi connectivity index (χ3n) is 4.41. The van der Waals surface area contributed by atoms with Crippen molar-refractivity contribution in [3.05, 3.63) is 101 Å². The quantitative estimate of drug-likeness (QED) is 0.369. The molecule has 3 rings (SSSR count). The first kappa shape index (κ1) is 20.8. The van der Waals surface area contributed by atoms with Gasteiger partial charge in [0.05, 0.1) is 11.1 Å². The van der Waals surface area contributed by atoms with Gasteiger partial charge in [-0.25, -0.2) is 9.59 Å². The van der Waals surface area contributed by atoms with Gasteiger partial charge in [0.15, 0.2) is 0 Å². The summed E-state index contributed by atoms with van der Waals surface area (Å²) in [4.78, 5) is 23.7. The van der Waals surface area contributed by atoms with Gasteiger partial charge >= 0.3 is 11.9 Å². The Hall–Kier alpha value is -1.94. The Morgan fingerprint density at radius 1 is 0.643 bits per heavy atom. The standard InChI is InChI=1S/C22H16I2O4/c23-17-5-1-13(2-6-17)9-15-11-20(22(27)28)16(12-19(15)21(25)26)10-14-3-7-18(24)8-4-14/h1-8,11-12H,9-10H2,(H,25,26)(H,27,28). The normalized spacial score (nSPS) is 10.6. The highest BCUT2D eigenvalue weighted by Crippen LogP contribution is 2.24. The molecule has 3 aromatic rings. The van der Waals surface area contributed by atoms with Gasteiger partial charge in [-0.1, -0.05) is 24.3 Å². The molecule has 0 atom stereocenters. The average molecular weight is 598 g/mol. The fourth-order valence-electron chi connectivity index (χ4n) is 3.02. The van der Waals surface area contributed by atoms with Crippen LogP contribution in [0.25, 0.3) is 0 Å². The van der Waals surface area contributed by atoms with Crippen molar-refractivity contribution in [2.24, 2.45) is 0 Å². The maximum atomic E-state index is 11.8. The fourth-order valence-corrected chi connectivity index (χ4v) is 3.74. The molecule has 6 heteroatoms. The van der Waals surface area contributed by atoms with Crippen LogP contribution in [0.15, 0.2) is 60.7 Å².